The lowest BCUT2D eigenvalue weighted by Gasteiger charge is -2.23. The van der Waals surface area contributed by atoms with Crippen molar-refractivity contribution >= 4 is 26.9 Å². The summed E-state index contributed by atoms with van der Waals surface area (Å²) in [5.41, 5.74) is 0.628. The fourth-order valence-corrected chi connectivity index (χ4v) is 1.99. The fourth-order valence-electron chi connectivity index (χ4n) is 1.66. The first-order valence-corrected chi connectivity index (χ1v) is 8.44. The number of para-hydroxylation sites is 1. The van der Waals surface area contributed by atoms with E-state index in [1.807, 2.05) is 6.92 Å². The first kappa shape index (κ1) is 17.2. The van der Waals surface area contributed by atoms with Crippen molar-refractivity contribution in [2.75, 3.05) is 30.0 Å². The average Bonchev–Trinajstić information content (AvgIpc) is 2.35. The van der Waals surface area contributed by atoms with Crippen molar-refractivity contribution in [1.82, 2.24) is 0 Å². The molecule has 0 saturated heterocycles. The van der Waals surface area contributed by atoms with E-state index < -0.39 is 19.5 Å². The first-order valence-electron chi connectivity index (χ1n) is 6.55. The van der Waals surface area contributed by atoms with Gasteiger partial charge in [0.2, 0.25) is 0 Å². The van der Waals surface area contributed by atoms with E-state index in [0.717, 1.165) is 6.26 Å². The molecule has 0 saturated carbocycles. The highest BCUT2D eigenvalue weighted by Crippen LogP contribution is 2.33. The van der Waals surface area contributed by atoms with Crippen LogP contribution in [0.5, 0.6) is 0 Å². The molecule has 1 aromatic rings. The number of nitro groups is 1. The van der Waals surface area contributed by atoms with Gasteiger partial charge < -0.3 is 10.6 Å². The Morgan fingerprint density at radius 3 is 2.19 bits per heavy atom. The van der Waals surface area contributed by atoms with Gasteiger partial charge in [0, 0.05) is 19.3 Å². The van der Waals surface area contributed by atoms with Gasteiger partial charge >= 0.3 is 5.69 Å². The van der Waals surface area contributed by atoms with Crippen LogP contribution in [0.1, 0.15) is 20.8 Å². The van der Waals surface area contributed by atoms with Crippen LogP contribution in [0.4, 0.5) is 17.1 Å². The SMILES string of the molecule is CCNc1cccc(NCC(C)(C)S(C)(=O)=O)c1[N+](=O)[O-]. The third kappa shape index (κ3) is 4.07. The van der Waals surface area contributed by atoms with Gasteiger partial charge in [-0.2, -0.15) is 0 Å². The molecule has 1 rings (SSSR count). The number of nitrogens with zero attached hydrogens (tertiary/aromatic N) is 1. The van der Waals surface area contributed by atoms with Crippen LogP contribution >= 0.6 is 0 Å². The second kappa shape index (κ2) is 6.30. The molecule has 0 fully saturated rings. The van der Waals surface area contributed by atoms with Gasteiger partial charge in [0.15, 0.2) is 9.84 Å². The summed E-state index contributed by atoms with van der Waals surface area (Å²) < 4.78 is 22.3. The second-order valence-corrected chi connectivity index (χ2v) is 8.02. The normalized spacial score (nSPS) is 12.0. The molecule has 1 aromatic carbocycles. The summed E-state index contributed by atoms with van der Waals surface area (Å²) in [5.74, 6) is 0. The van der Waals surface area contributed by atoms with Crippen LogP contribution in [0.2, 0.25) is 0 Å². The molecule has 0 aliphatic heterocycles. The van der Waals surface area contributed by atoms with E-state index in [1.165, 1.54) is 0 Å². The Balaban J connectivity index is 3.09. The monoisotopic (exact) mass is 315 g/mol. The summed E-state index contributed by atoms with van der Waals surface area (Å²) in [7, 11) is -3.27. The Morgan fingerprint density at radius 2 is 1.76 bits per heavy atom. The van der Waals surface area contributed by atoms with Crippen molar-refractivity contribution in [3.63, 3.8) is 0 Å². The lowest BCUT2D eigenvalue weighted by atomic mass is 10.2. The maximum atomic E-state index is 11.7. The van der Waals surface area contributed by atoms with Crippen molar-refractivity contribution in [1.29, 1.82) is 0 Å². The average molecular weight is 315 g/mol. The lowest BCUT2D eigenvalue weighted by Crippen LogP contribution is -2.38. The number of rotatable bonds is 7. The molecule has 8 heteroatoms. The smallest absolute Gasteiger partial charge is 0.315 e. The third-order valence-corrected chi connectivity index (χ3v) is 5.45. The quantitative estimate of drug-likeness (QED) is 0.591. The second-order valence-electron chi connectivity index (χ2n) is 5.37. The molecular weight excluding hydrogens is 294 g/mol. The summed E-state index contributed by atoms with van der Waals surface area (Å²) >= 11 is 0. The third-order valence-electron chi connectivity index (χ3n) is 3.29. The summed E-state index contributed by atoms with van der Waals surface area (Å²) in [4.78, 5) is 10.8. The van der Waals surface area contributed by atoms with Crippen LogP contribution in [0.15, 0.2) is 18.2 Å². The predicted octanol–water partition coefficient (Wildman–Crippen LogP) is 2.26. The number of hydrogen-bond donors (Lipinski definition) is 2. The predicted molar refractivity (Wildman–Crippen MR) is 84.7 cm³/mol. The Bertz CT molecular complexity index is 626. The van der Waals surface area contributed by atoms with Crippen molar-refractivity contribution < 1.29 is 13.3 Å². The lowest BCUT2D eigenvalue weighted by molar-refractivity contribution is -0.383. The van der Waals surface area contributed by atoms with Gasteiger partial charge in [0.25, 0.3) is 0 Å². The summed E-state index contributed by atoms with van der Waals surface area (Å²) in [5, 5.41) is 17.1. The van der Waals surface area contributed by atoms with Crippen LogP contribution in [-0.2, 0) is 9.84 Å². The van der Waals surface area contributed by atoms with E-state index >= 15 is 0 Å². The van der Waals surface area contributed by atoms with Crippen molar-refractivity contribution in [3.8, 4) is 0 Å². The number of sulfone groups is 1. The van der Waals surface area contributed by atoms with Gasteiger partial charge in [-0.15, -0.1) is 0 Å². The van der Waals surface area contributed by atoms with Gasteiger partial charge in [0.1, 0.15) is 11.4 Å². The molecule has 118 valence electrons. The largest absolute Gasteiger partial charge is 0.380 e. The summed E-state index contributed by atoms with van der Waals surface area (Å²) in [6.45, 7) is 5.64. The van der Waals surface area contributed by atoms with Crippen molar-refractivity contribution in [3.05, 3.63) is 28.3 Å². The molecule has 0 aliphatic rings. The van der Waals surface area contributed by atoms with E-state index in [1.54, 1.807) is 32.0 Å². The Hall–Kier alpha value is -1.83. The highest BCUT2D eigenvalue weighted by Gasteiger charge is 2.31. The number of nitro benzene ring substituents is 1. The van der Waals surface area contributed by atoms with Gasteiger partial charge in [0.05, 0.1) is 9.67 Å². The molecule has 0 amide bonds. The molecule has 21 heavy (non-hydrogen) atoms. The van der Waals surface area contributed by atoms with E-state index in [0.29, 0.717) is 17.9 Å². The van der Waals surface area contributed by atoms with E-state index in [2.05, 4.69) is 10.6 Å². The number of hydrogen-bond acceptors (Lipinski definition) is 6. The fraction of sp³-hybridized carbons (Fsp3) is 0.538. The van der Waals surface area contributed by atoms with Crippen LogP contribution < -0.4 is 10.6 Å². The minimum absolute atomic E-state index is 0.0800. The van der Waals surface area contributed by atoms with Gasteiger partial charge in [-0.3, -0.25) is 10.1 Å². The number of benzene rings is 1. The summed E-state index contributed by atoms with van der Waals surface area (Å²) in [6.07, 6.45) is 1.15. The van der Waals surface area contributed by atoms with Crippen molar-refractivity contribution in [2.45, 2.75) is 25.5 Å². The van der Waals surface area contributed by atoms with Gasteiger partial charge in [-0.05, 0) is 32.9 Å². The van der Waals surface area contributed by atoms with E-state index in [9.17, 15) is 18.5 Å². The maximum Gasteiger partial charge on any atom is 0.315 e. The molecule has 0 unspecified atom stereocenters. The van der Waals surface area contributed by atoms with Crippen LogP contribution in [0, 0.1) is 10.1 Å². The maximum absolute atomic E-state index is 11.7. The van der Waals surface area contributed by atoms with Gasteiger partial charge in [-0.1, -0.05) is 6.07 Å². The highest BCUT2D eigenvalue weighted by molar-refractivity contribution is 7.92. The molecule has 0 bridgehead atoms. The zero-order chi connectivity index (χ0) is 16.3. The standard InChI is InChI=1S/C13H21N3O4S/c1-5-14-10-7-6-8-11(12(10)16(17)18)15-9-13(2,3)21(4,19)20/h6-8,14-15H,5,9H2,1-4H3. The molecule has 2 N–H and O–H groups in total. The minimum Gasteiger partial charge on any atom is -0.380 e. The van der Waals surface area contributed by atoms with Gasteiger partial charge in [-0.25, -0.2) is 8.42 Å². The molecule has 0 aliphatic carbocycles. The Kier molecular flexibility index (Phi) is 5.16. The molecule has 0 spiro atoms. The molecule has 0 atom stereocenters. The molecule has 0 radical (unpaired) electrons. The summed E-state index contributed by atoms with van der Waals surface area (Å²) in [6, 6.07) is 4.87. The van der Waals surface area contributed by atoms with E-state index in [-0.39, 0.29) is 12.2 Å². The topological polar surface area (TPSA) is 101 Å². The van der Waals surface area contributed by atoms with Crippen LogP contribution in [0.3, 0.4) is 0 Å². The molecule has 0 aromatic heterocycles. The zero-order valence-corrected chi connectivity index (χ0v) is 13.5. The zero-order valence-electron chi connectivity index (χ0n) is 12.6. The minimum atomic E-state index is -3.27. The Labute approximate surface area is 124 Å². The van der Waals surface area contributed by atoms with Crippen LogP contribution in [0.25, 0.3) is 0 Å². The number of nitrogens with one attached hydrogen (secondary N) is 2. The van der Waals surface area contributed by atoms with Crippen molar-refractivity contribution in [2.24, 2.45) is 0 Å². The molecule has 0 heterocycles. The molecule has 7 nitrogen and oxygen atoms in total. The first-order chi connectivity index (χ1) is 9.60. The molecular formula is C13H21N3O4S. The van der Waals surface area contributed by atoms with Crippen LogP contribution in [-0.4, -0.2) is 37.4 Å². The van der Waals surface area contributed by atoms with E-state index in [4.69, 9.17) is 0 Å². The Morgan fingerprint density at radius 1 is 1.24 bits per heavy atom. The number of anilines is 2. The highest BCUT2D eigenvalue weighted by atomic mass is 32.2.